The van der Waals surface area contributed by atoms with Gasteiger partial charge in [0.1, 0.15) is 11.4 Å². The molecule has 0 fully saturated rings. The van der Waals surface area contributed by atoms with Crippen LogP contribution in [0, 0.1) is 0 Å². The Bertz CT molecular complexity index is 627. The number of hydrogen-bond acceptors (Lipinski definition) is 4. The van der Waals surface area contributed by atoms with Crippen LogP contribution in [-0.2, 0) is 4.79 Å². The van der Waals surface area contributed by atoms with E-state index in [1.807, 2.05) is 6.92 Å². The van der Waals surface area contributed by atoms with Crippen LogP contribution in [0.3, 0.4) is 0 Å². The quantitative estimate of drug-likeness (QED) is 0.853. The van der Waals surface area contributed by atoms with Gasteiger partial charge in [-0.3, -0.25) is 14.6 Å². The number of nitrogens with zero attached hydrogens (tertiary/aromatic N) is 1. The van der Waals surface area contributed by atoms with Crippen molar-refractivity contribution < 1.29 is 14.3 Å². The predicted molar refractivity (Wildman–Crippen MR) is 82.8 cm³/mol. The van der Waals surface area contributed by atoms with E-state index in [9.17, 15) is 9.59 Å². The number of benzene rings is 1. The van der Waals surface area contributed by atoms with Crippen LogP contribution in [0.2, 0.25) is 0 Å². The summed E-state index contributed by atoms with van der Waals surface area (Å²) in [6.07, 6.45) is 1.56. The minimum atomic E-state index is -0.281. The monoisotopic (exact) mass is 299 g/mol. The van der Waals surface area contributed by atoms with Crippen LogP contribution in [0.1, 0.15) is 17.4 Å². The van der Waals surface area contributed by atoms with Gasteiger partial charge in [0.2, 0.25) is 0 Å². The Morgan fingerprint density at radius 2 is 1.91 bits per heavy atom. The molecule has 1 aromatic carbocycles. The maximum atomic E-state index is 11.9. The number of anilines is 1. The molecule has 2 N–H and O–H groups in total. The highest BCUT2D eigenvalue weighted by Crippen LogP contribution is 2.16. The molecule has 2 amide bonds. The summed E-state index contributed by atoms with van der Waals surface area (Å²) in [5, 5.41) is 5.38. The summed E-state index contributed by atoms with van der Waals surface area (Å²) in [5.74, 6) is 0.105. The van der Waals surface area contributed by atoms with E-state index in [4.69, 9.17) is 4.74 Å². The summed E-state index contributed by atoms with van der Waals surface area (Å²) in [5.41, 5.74) is 0.972. The molecule has 22 heavy (non-hydrogen) atoms. The predicted octanol–water partition coefficient (Wildman–Crippen LogP) is 1.85. The van der Waals surface area contributed by atoms with Gasteiger partial charge in [-0.15, -0.1) is 0 Å². The molecule has 0 aliphatic heterocycles. The number of carbonyl (C=O) groups is 2. The molecular weight excluding hydrogens is 282 g/mol. The van der Waals surface area contributed by atoms with E-state index in [0.717, 1.165) is 0 Å². The average molecular weight is 299 g/mol. The molecule has 0 unspecified atom stereocenters. The van der Waals surface area contributed by atoms with Crippen molar-refractivity contribution >= 4 is 17.5 Å². The molecule has 6 heteroatoms. The maximum absolute atomic E-state index is 11.9. The molecule has 1 heterocycles. The molecular formula is C16H17N3O3. The Balaban J connectivity index is 1.89. The topological polar surface area (TPSA) is 80.3 Å². The fraction of sp³-hybridized carbons (Fsp3) is 0.188. The summed E-state index contributed by atoms with van der Waals surface area (Å²) < 4.78 is 5.33. The van der Waals surface area contributed by atoms with Gasteiger partial charge in [0, 0.05) is 18.4 Å². The van der Waals surface area contributed by atoms with Crippen molar-refractivity contribution in [3.8, 4) is 5.75 Å². The average Bonchev–Trinajstić information content (AvgIpc) is 2.55. The number of ether oxygens (including phenoxy) is 1. The van der Waals surface area contributed by atoms with Gasteiger partial charge < -0.3 is 15.4 Å². The number of carbonyl (C=O) groups excluding carboxylic acids is 2. The molecule has 0 aliphatic rings. The summed E-state index contributed by atoms with van der Waals surface area (Å²) in [6, 6.07) is 11.9. The molecule has 114 valence electrons. The van der Waals surface area contributed by atoms with Crippen molar-refractivity contribution in [2.45, 2.75) is 6.92 Å². The Hall–Kier alpha value is -2.89. The number of pyridine rings is 1. The van der Waals surface area contributed by atoms with Crippen molar-refractivity contribution in [3.63, 3.8) is 0 Å². The molecule has 1 aromatic heterocycles. The summed E-state index contributed by atoms with van der Waals surface area (Å²) in [7, 11) is 0. The number of rotatable bonds is 6. The van der Waals surface area contributed by atoms with Crippen molar-refractivity contribution in [3.05, 3.63) is 54.4 Å². The Kier molecular flexibility index (Phi) is 5.48. The third-order valence-corrected chi connectivity index (χ3v) is 2.75. The molecule has 0 bridgehead atoms. The molecule has 0 atom stereocenters. The van der Waals surface area contributed by atoms with Gasteiger partial charge in [0.15, 0.2) is 6.61 Å². The summed E-state index contributed by atoms with van der Waals surface area (Å²) in [6.45, 7) is 2.38. The summed E-state index contributed by atoms with van der Waals surface area (Å²) >= 11 is 0. The lowest BCUT2D eigenvalue weighted by Crippen LogP contribution is -2.28. The number of hydrogen-bond donors (Lipinski definition) is 2. The van der Waals surface area contributed by atoms with Crippen LogP contribution in [0.25, 0.3) is 0 Å². The zero-order valence-corrected chi connectivity index (χ0v) is 12.2. The first-order valence-corrected chi connectivity index (χ1v) is 6.91. The third-order valence-electron chi connectivity index (χ3n) is 2.75. The SMILES string of the molecule is CCNC(=O)COc1ccc(NC(=O)c2ccccn2)cc1. The Morgan fingerprint density at radius 1 is 1.14 bits per heavy atom. The number of likely N-dealkylation sites (N-methyl/N-ethyl adjacent to an activating group) is 1. The highest BCUT2D eigenvalue weighted by Gasteiger charge is 2.07. The fourth-order valence-corrected chi connectivity index (χ4v) is 1.72. The van der Waals surface area contributed by atoms with Gasteiger partial charge in [-0.2, -0.15) is 0 Å². The highest BCUT2D eigenvalue weighted by molar-refractivity contribution is 6.02. The van der Waals surface area contributed by atoms with Crippen LogP contribution in [0.15, 0.2) is 48.7 Å². The van der Waals surface area contributed by atoms with Gasteiger partial charge in [-0.05, 0) is 43.3 Å². The maximum Gasteiger partial charge on any atom is 0.274 e. The minimum absolute atomic E-state index is 0.0342. The van der Waals surface area contributed by atoms with Gasteiger partial charge in [-0.25, -0.2) is 0 Å². The van der Waals surface area contributed by atoms with Gasteiger partial charge in [-0.1, -0.05) is 6.07 Å². The van der Waals surface area contributed by atoms with Gasteiger partial charge in [0.05, 0.1) is 0 Å². The standard InChI is InChI=1S/C16H17N3O3/c1-2-17-15(20)11-22-13-8-6-12(7-9-13)19-16(21)14-5-3-4-10-18-14/h3-10H,2,11H2,1H3,(H,17,20)(H,19,21). The van der Waals surface area contributed by atoms with Crippen molar-refractivity contribution in [2.75, 3.05) is 18.5 Å². The van der Waals surface area contributed by atoms with Crippen molar-refractivity contribution in [1.29, 1.82) is 0 Å². The van der Waals surface area contributed by atoms with E-state index in [1.54, 1.807) is 48.7 Å². The normalized spacial score (nSPS) is 9.86. The number of amides is 2. The molecule has 0 saturated heterocycles. The lowest BCUT2D eigenvalue weighted by atomic mass is 10.3. The lowest BCUT2D eigenvalue weighted by Gasteiger charge is -2.08. The molecule has 6 nitrogen and oxygen atoms in total. The Labute approximate surface area is 128 Å². The molecule has 0 aliphatic carbocycles. The van der Waals surface area contributed by atoms with Gasteiger partial charge in [0.25, 0.3) is 11.8 Å². The van der Waals surface area contributed by atoms with E-state index in [1.165, 1.54) is 0 Å². The van der Waals surface area contributed by atoms with Crippen LogP contribution < -0.4 is 15.4 Å². The number of nitrogens with one attached hydrogen (secondary N) is 2. The van der Waals surface area contributed by atoms with Crippen LogP contribution in [-0.4, -0.2) is 29.9 Å². The second-order valence-corrected chi connectivity index (χ2v) is 4.44. The second kappa shape index (κ2) is 7.78. The van der Waals surface area contributed by atoms with Crippen LogP contribution in [0.4, 0.5) is 5.69 Å². The van der Waals surface area contributed by atoms with E-state index in [-0.39, 0.29) is 18.4 Å². The van der Waals surface area contributed by atoms with Crippen LogP contribution in [0.5, 0.6) is 5.75 Å². The molecule has 0 radical (unpaired) electrons. The largest absolute Gasteiger partial charge is 0.484 e. The van der Waals surface area contributed by atoms with Crippen molar-refractivity contribution in [1.82, 2.24) is 10.3 Å². The lowest BCUT2D eigenvalue weighted by molar-refractivity contribution is -0.122. The van der Waals surface area contributed by atoms with Gasteiger partial charge >= 0.3 is 0 Å². The van der Waals surface area contributed by atoms with Crippen LogP contribution >= 0.6 is 0 Å². The molecule has 0 saturated carbocycles. The molecule has 2 rings (SSSR count). The number of aromatic nitrogens is 1. The first kappa shape index (κ1) is 15.5. The van der Waals surface area contributed by atoms with Crippen molar-refractivity contribution in [2.24, 2.45) is 0 Å². The third kappa shape index (κ3) is 4.59. The molecule has 0 spiro atoms. The van der Waals surface area contributed by atoms with E-state index in [0.29, 0.717) is 23.7 Å². The first-order chi connectivity index (χ1) is 10.7. The van der Waals surface area contributed by atoms with E-state index >= 15 is 0 Å². The minimum Gasteiger partial charge on any atom is -0.484 e. The summed E-state index contributed by atoms with van der Waals surface area (Å²) in [4.78, 5) is 27.2. The fourth-order valence-electron chi connectivity index (χ4n) is 1.72. The zero-order chi connectivity index (χ0) is 15.8. The first-order valence-electron chi connectivity index (χ1n) is 6.91. The second-order valence-electron chi connectivity index (χ2n) is 4.44. The van der Waals surface area contributed by atoms with E-state index in [2.05, 4.69) is 15.6 Å². The van der Waals surface area contributed by atoms with E-state index < -0.39 is 0 Å². The smallest absolute Gasteiger partial charge is 0.274 e. The highest BCUT2D eigenvalue weighted by atomic mass is 16.5. The Morgan fingerprint density at radius 3 is 2.55 bits per heavy atom. The zero-order valence-electron chi connectivity index (χ0n) is 12.2. The molecule has 2 aromatic rings.